The van der Waals surface area contributed by atoms with Crippen molar-refractivity contribution in [2.24, 2.45) is 17.8 Å². The third-order valence-electron chi connectivity index (χ3n) is 8.07. The summed E-state index contributed by atoms with van der Waals surface area (Å²) in [7, 11) is 1.41. The van der Waals surface area contributed by atoms with Gasteiger partial charge in [0.15, 0.2) is 17.4 Å². The molecule has 7 rings (SSSR count). The highest BCUT2D eigenvalue weighted by Gasteiger charge is 2.41. The van der Waals surface area contributed by atoms with Crippen molar-refractivity contribution in [1.82, 2.24) is 15.0 Å². The molecule has 2 N–H and O–H groups in total. The van der Waals surface area contributed by atoms with Crippen LogP contribution in [-0.2, 0) is 0 Å². The fourth-order valence-corrected chi connectivity index (χ4v) is 6.13. The summed E-state index contributed by atoms with van der Waals surface area (Å²) in [6.07, 6.45) is 6.50. The molecule has 3 aliphatic rings. The normalized spacial score (nSPS) is 23.2. The van der Waals surface area contributed by atoms with Gasteiger partial charge in [-0.15, -0.1) is 0 Å². The van der Waals surface area contributed by atoms with E-state index in [1.807, 2.05) is 6.07 Å². The number of benzene rings is 2. The van der Waals surface area contributed by atoms with Crippen LogP contribution in [0.15, 0.2) is 42.6 Å². The largest absolute Gasteiger partial charge is 0.494 e. The Bertz CT molecular complexity index is 1440. The molecule has 2 atom stereocenters. The van der Waals surface area contributed by atoms with Gasteiger partial charge in [0.1, 0.15) is 17.5 Å². The van der Waals surface area contributed by atoms with E-state index in [-0.39, 0.29) is 17.3 Å². The summed E-state index contributed by atoms with van der Waals surface area (Å²) in [5.74, 6) is 0.965. The molecule has 0 amide bonds. The molecule has 186 valence electrons. The lowest BCUT2D eigenvalue weighted by atomic mass is 9.62. The Balaban J connectivity index is 1.47. The van der Waals surface area contributed by atoms with Gasteiger partial charge in [-0.3, -0.25) is 0 Å². The number of halogens is 3. The zero-order chi connectivity index (χ0) is 25.0. The smallest absolute Gasteiger partial charge is 0.165 e. The summed E-state index contributed by atoms with van der Waals surface area (Å²) in [6.45, 7) is 2.29. The number of nitrogens with one attached hydrogen (secondary N) is 2. The average Bonchev–Trinajstić information content (AvgIpc) is 3.30. The summed E-state index contributed by atoms with van der Waals surface area (Å²) in [4.78, 5) is 12.3. The highest BCUT2D eigenvalue weighted by Crippen LogP contribution is 2.46. The quantitative estimate of drug-likeness (QED) is 0.316. The predicted molar refractivity (Wildman–Crippen MR) is 133 cm³/mol. The van der Waals surface area contributed by atoms with Crippen molar-refractivity contribution in [1.29, 1.82) is 0 Å². The molecule has 0 radical (unpaired) electrons. The second kappa shape index (κ2) is 8.84. The third-order valence-corrected chi connectivity index (χ3v) is 8.07. The Morgan fingerprint density at radius 3 is 2.44 bits per heavy atom. The standard InChI is InChI=1S/C28H27F3N4O/c1-14-15-3-5-16(6-4-15)26(14)34-25-12-23(17-7-8-24(36-2)21(30)9-17)33-28(35-25)20-13-32-27-19(20)10-18(29)11-22(27)31/h7-16,26,32H,3-6H2,1-2H3,(H,33,34,35)/t14-,15?,16?,26+/m1/s1. The summed E-state index contributed by atoms with van der Waals surface area (Å²) in [5, 5.41) is 4.00. The lowest BCUT2D eigenvalue weighted by molar-refractivity contribution is 0.0928. The first-order valence-electron chi connectivity index (χ1n) is 12.4. The van der Waals surface area contributed by atoms with Crippen LogP contribution in [0.2, 0.25) is 0 Å². The molecule has 3 saturated carbocycles. The van der Waals surface area contributed by atoms with E-state index < -0.39 is 17.5 Å². The molecular formula is C28H27F3N4O. The summed E-state index contributed by atoms with van der Waals surface area (Å²) in [5.41, 5.74) is 1.71. The molecule has 0 unspecified atom stereocenters. The van der Waals surface area contributed by atoms with Crippen LogP contribution in [0.1, 0.15) is 32.6 Å². The maximum absolute atomic E-state index is 14.6. The van der Waals surface area contributed by atoms with E-state index in [4.69, 9.17) is 9.72 Å². The monoisotopic (exact) mass is 492 g/mol. The van der Waals surface area contributed by atoms with Crippen LogP contribution in [0, 0.1) is 35.2 Å². The SMILES string of the molecule is COc1ccc(-c2cc(N[C@@H]3C4CCC(CC4)[C@H]3C)nc(-c3c[nH]c4c(F)cc(F)cc34)n2)cc1F. The summed E-state index contributed by atoms with van der Waals surface area (Å²) >= 11 is 0. The van der Waals surface area contributed by atoms with E-state index in [0.717, 1.165) is 6.07 Å². The lowest BCUT2D eigenvalue weighted by Gasteiger charge is -2.47. The summed E-state index contributed by atoms with van der Waals surface area (Å²) in [6, 6.07) is 8.85. The first-order valence-corrected chi connectivity index (χ1v) is 12.4. The first-order chi connectivity index (χ1) is 17.4. The fraction of sp³-hybridized carbons (Fsp3) is 0.357. The molecule has 8 heteroatoms. The summed E-state index contributed by atoms with van der Waals surface area (Å²) < 4.78 is 48.1. The number of aromatic nitrogens is 3. The van der Waals surface area contributed by atoms with Crippen molar-refractivity contribution in [3.05, 3.63) is 60.0 Å². The van der Waals surface area contributed by atoms with Crippen LogP contribution in [0.3, 0.4) is 0 Å². The Hall–Kier alpha value is -3.55. The van der Waals surface area contributed by atoms with Gasteiger partial charge < -0.3 is 15.0 Å². The van der Waals surface area contributed by atoms with E-state index in [1.54, 1.807) is 18.3 Å². The number of nitrogens with zero attached hydrogens (tertiary/aromatic N) is 2. The van der Waals surface area contributed by atoms with Gasteiger partial charge in [-0.2, -0.15) is 0 Å². The molecule has 0 aliphatic heterocycles. The van der Waals surface area contributed by atoms with Gasteiger partial charge in [0, 0.05) is 40.9 Å². The molecule has 36 heavy (non-hydrogen) atoms. The molecular weight excluding hydrogens is 465 g/mol. The topological polar surface area (TPSA) is 62.8 Å². The molecule has 2 heterocycles. The number of fused-ring (bicyclic) bond motifs is 4. The van der Waals surface area contributed by atoms with Crippen molar-refractivity contribution in [3.8, 4) is 28.4 Å². The van der Waals surface area contributed by atoms with Crippen LogP contribution < -0.4 is 10.1 Å². The van der Waals surface area contributed by atoms with Gasteiger partial charge in [-0.1, -0.05) is 6.92 Å². The zero-order valence-corrected chi connectivity index (χ0v) is 20.1. The molecule has 5 nitrogen and oxygen atoms in total. The number of methoxy groups -OCH3 is 1. The second-order valence-electron chi connectivity index (χ2n) is 10.0. The van der Waals surface area contributed by atoms with Gasteiger partial charge >= 0.3 is 0 Å². The maximum Gasteiger partial charge on any atom is 0.165 e. The van der Waals surface area contributed by atoms with E-state index in [9.17, 15) is 13.2 Å². The highest BCUT2D eigenvalue weighted by molar-refractivity contribution is 5.94. The molecule has 2 aromatic carbocycles. The van der Waals surface area contributed by atoms with Gasteiger partial charge in [-0.25, -0.2) is 23.1 Å². The minimum Gasteiger partial charge on any atom is -0.494 e. The Morgan fingerprint density at radius 2 is 1.72 bits per heavy atom. The lowest BCUT2D eigenvalue weighted by Crippen LogP contribution is -2.47. The number of hydrogen-bond donors (Lipinski definition) is 2. The van der Waals surface area contributed by atoms with Gasteiger partial charge in [-0.05, 0) is 67.7 Å². The van der Waals surface area contributed by atoms with Gasteiger partial charge in [0.25, 0.3) is 0 Å². The van der Waals surface area contributed by atoms with Crippen molar-refractivity contribution in [3.63, 3.8) is 0 Å². The molecule has 0 saturated heterocycles. The average molecular weight is 493 g/mol. The van der Waals surface area contributed by atoms with Crippen molar-refractivity contribution in [2.45, 2.75) is 38.6 Å². The van der Waals surface area contributed by atoms with Crippen molar-refractivity contribution >= 4 is 16.7 Å². The first kappa shape index (κ1) is 22.9. The maximum atomic E-state index is 14.6. The number of H-pyrrole nitrogens is 1. The van der Waals surface area contributed by atoms with Crippen LogP contribution in [0.4, 0.5) is 19.0 Å². The highest BCUT2D eigenvalue weighted by atomic mass is 19.1. The van der Waals surface area contributed by atoms with Gasteiger partial charge in [0.2, 0.25) is 0 Å². The second-order valence-corrected chi connectivity index (χ2v) is 10.0. The van der Waals surface area contributed by atoms with E-state index in [0.29, 0.717) is 51.6 Å². The van der Waals surface area contributed by atoms with Crippen LogP contribution >= 0.6 is 0 Å². The van der Waals surface area contributed by atoms with Crippen molar-refractivity contribution in [2.75, 3.05) is 12.4 Å². The van der Waals surface area contributed by atoms with E-state index in [1.165, 1.54) is 44.9 Å². The molecule has 3 aliphatic carbocycles. The molecule has 2 bridgehead atoms. The number of anilines is 1. The number of rotatable bonds is 5. The van der Waals surface area contributed by atoms with Crippen LogP contribution in [-0.4, -0.2) is 28.1 Å². The predicted octanol–water partition coefficient (Wildman–Crippen LogP) is 6.95. The Morgan fingerprint density at radius 1 is 0.944 bits per heavy atom. The number of hydrogen-bond acceptors (Lipinski definition) is 4. The van der Waals surface area contributed by atoms with Crippen molar-refractivity contribution < 1.29 is 17.9 Å². The van der Waals surface area contributed by atoms with E-state index in [2.05, 4.69) is 22.2 Å². The molecule has 4 aromatic rings. The zero-order valence-electron chi connectivity index (χ0n) is 20.1. The fourth-order valence-electron chi connectivity index (χ4n) is 6.13. The Labute approximate surface area is 207 Å². The van der Waals surface area contributed by atoms with E-state index >= 15 is 0 Å². The number of aromatic amines is 1. The number of ether oxygens (including phenoxy) is 1. The minimum absolute atomic E-state index is 0.140. The molecule has 2 aromatic heterocycles. The minimum atomic E-state index is -0.685. The third kappa shape index (κ3) is 3.88. The van der Waals surface area contributed by atoms with Gasteiger partial charge in [0.05, 0.1) is 18.3 Å². The van der Waals surface area contributed by atoms with Crippen LogP contribution in [0.5, 0.6) is 5.75 Å². The molecule has 3 fully saturated rings. The molecule has 0 spiro atoms. The Kier molecular flexibility index (Phi) is 5.62. The van der Waals surface area contributed by atoms with Crippen LogP contribution in [0.25, 0.3) is 33.5 Å².